The molecule has 3 N–H and O–H groups in total. The van der Waals surface area contributed by atoms with Crippen LogP contribution in [-0.2, 0) is 0 Å². The number of hydrogen-bond acceptors (Lipinski definition) is 3. The topological polar surface area (TPSA) is 82.2 Å². The molecule has 0 radical (unpaired) electrons. The highest BCUT2D eigenvalue weighted by Crippen LogP contribution is 2.27. The number of anilines is 1. The Bertz CT molecular complexity index is 815. The molecule has 0 saturated carbocycles. The molecule has 0 bridgehead atoms. The molecule has 5 nitrogen and oxygen atoms in total. The van der Waals surface area contributed by atoms with Crippen LogP contribution < -0.4 is 5.32 Å². The number of benzene rings is 1. The number of carbonyl (C=O) groups is 2. The first-order valence-electron chi connectivity index (χ1n) is 6.27. The largest absolute Gasteiger partial charge is 0.477 e. The van der Waals surface area contributed by atoms with E-state index in [1.165, 1.54) is 0 Å². The molecule has 1 aromatic carbocycles. The molecule has 0 aliphatic carbocycles. The summed E-state index contributed by atoms with van der Waals surface area (Å²) in [6.45, 7) is 1.71. The monoisotopic (exact) mass is 300 g/mol. The van der Waals surface area contributed by atoms with Gasteiger partial charge in [0.05, 0.1) is 5.00 Å². The van der Waals surface area contributed by atoms with Gasteiger partial charge in [-0.3, -0.25) is 4.79 Å². The minimum Gasteiger partial charge on any atom is -0.477 e. The van der Waals surface area contributed by atoms with Crippen molar-refractivity contribution in [2.45, 2.75) is 6.92 Å². The zero-order valence-corrected chi connectivity index (χ0v) is 12.0. The van der Waals surface area contributed by atoms with E-state index in [1.807, 2.05) is 24.3 Å². The van der Waals surface area contributed by atoms with Gasteiger partial charge in [0, 0.05) is 10.9 Å². The third-order valence-corrected chi connectivity index (χ3v) is 4.26. The van der Waals surface area contributed by atoms with Gasteiger partial charge in [0.15, 0.2) is 0 Å². The molecule has 0 atom stereocenters. The zero-order chi connectivity index (χ0) is 15.0. The van der Waals surface area contributed by atoms with Gasteiger partial charge in [-0.1, -0.05) is 18.2 Å². The molecule has 0 fully saturated rings. The summed E-state index contributed by atoms with van der Waals surface area (Å²) in [5, 5.41) is 13.2. The molecule has 0 unspecified atom stereocenters. The maximum absolute atomic E-state index is 12.2. The smallest absolute Gasteiger partial charge is 0.346 e. The van der Waals surface area contributed by atoms with Gasteiger partial charge >= 0.3 is 5.97 Å². The first-order valence-corrected chi connectivity index (χ1v) is 7.09. The number of aromatic nitrogens is 1. The number of fused-ring (bicyclic) bond motifs is 1. The Kier molecular flexibility index (Phi) is 3.23. The van der Waals surface area contributed by atoms with E-state index in [9.17, 15) is 9.59 Å². The number of aromatic amines is 1. The Labute approximate surface area is 124 Å². The van der Waals surface area contributed by atoms with E-state index < -0.39 is 5.97 Å². The summed E-state index contributed by atoms with van der Waals surface area (Å²) in [6.07, 6.45) is 0. The van der Waals surface area contributed by atoms with Crippen LogP contribution in [0.5, 0.6) is 0 Å². The van der Waals surface area contributed by atoms with Crippen molar-refractivity contribution in [1.29, 1.82) is 0 Å². The fourth-order valence-electron chi connectivity index (χ4n) is 2.13. The van der Waals surface area contributed by atoms with E-state index in [-0.39, 0.29) is 10.8 Å². The number of aryl methyl sites for hydroxylation is 1. The average molecular weight is 300 g/mol. The summed E-state index contributed by atoms with van der Waals surface area (Å²) in [6, 6.07) is 11.0. The number of carboxylic acid groups (broad SMARTS) is 1. The lowest BCUT2D eigenvalue weighted by Crippen LogP contribution is -2.11. The summed E-state index contributed by atoms with van der Waals surface area (Å²) >= 11 is 1.05. The highest BCUT2D eigenvalue weighted by Gasteiger charge is 2.15. The number of para-hydroxylation sites is 1. The van der Waals surface area contributed by atoms with Gasteiger partial charge in [-0.05, 0) is 30.7 Å². The summed E-state index contributed by atoms with van der Waals surface area (Å²) in [5.74, 6) is -1.27. The number of carboxylic acids is 1. The molecule has 3 aromatic rings. The van der Waals surface area contributed by atoms with Crippen molar-refractivity contribution in [3.63, 3.8) is 0 Å². The Hall–Kier alpha value is -2.60. The number of hydrogen-bond donors (Lipinski definition) is 3. The number of thiophene rings is 1. The van der Waals surface area contributed by atoms with Crippen LogP contribution in [0.3, 0.4) is 0 Å². The van der Waals surface area contributed by atoms with Crippen molar-refractivity contribution in [3.8, 4) is 0 Å². The van der Waals surface area contributed by atoms with Gasteiger partial charge in [0.2, 0.25) is 0 Å². The molecule has 6 heteroatoms. The summed E-state index contributed by atoms with van der Waals surface area (Å²) in [5.41, 5.74) is 1.97. The van der Waals surface area contributed by atoms with Gasteiger partial charge in [0.1, 0.15) is 10.6 Å². The van der Waals surface area contributed by atoms with Crippen LogP contribution in [0, 0.1) is 6.92 Å². The minimum absolute atomic E-state index is 0.238. The number of H-pyrrole nitrogens is 1. The third kappa shape index (κ3) is 2.53. The molecule has 106 valence electrons. The van der Waals surface area contributed by atoms with Gasteiger partial charge in [-0.15, -0.1) is 11.3 Å². The number of aromatic carboxylic acids is 1. The molecule has 3 rings (SSSR count). The van der Waals surface area contributed by atoms with Crippen molar-refractivity contribution >= 4 is 39.1 Å². The van der Waals surface area contributed by atoms with Crippen molar-refractivity contribution in [3.05, 3.63) is 52.5 Å². The summed E-state index contributed by atoms with van der Waals surface area (Å²) < 4.78 is 0. The lowest BCUT2D eigenvalue weighted by atomic mass is 10.2. The molecular formula is C15H12N2O3S. The SMILES string of the molecule is Cc1cc(NC(=O)c2cc3ccccc3[nH]2)sc1C(=O)O. The highest BCUT2D eigenvalue weighted by atomic mass is 32.1. The first kappa shape index (κ1) is 13.4. The van der Waals surface area contributed by atoms with E-state index in [1.54, 1.807) is 19.1 Å². The highest BCUT2D eigenvalue weighted by molar-refractivity contribution is 7.18. The first-order chi connectivity index (χ1) is 10.0. The van der Waals surface area contributed by atoms with Crippen LogP contribution in [0.1, 0.15) is 25.7 Å². The van der Waals surface area contributed by atoms with Crippen molar-refractivity contribution in [2.75, 3.05) is 5.32 Å². The average Bonchev–Trinajstić information content (AvgIpc) is 3.02. The Balaban J connectivity index is 1.86. The standard InChI is InChI=1S/C15H12N2O3S/c1-8-6-12(21-13(8)15(19)20)17-14(18)11-7-9-4-2-3-5-10(9)16-11/h2-7,16H,1H3,(H,17,18)(H,19,20). The zero-order valence-electron chi connectivity index (χ0n) is 11.1. The molecule has 21 heavy (non-hydrogen) atoms. The van der Waals surface area contributed by atoms with E-state index in [0.717, 1.165) is 22.2 Å². The fourth-order valence-corrected chi connectivity index (χ4v) is 3.04. The molecule has 2 aromatic heterocycles. The van der Waals surface area contributed by atoms with E-state index >= 15 is 0 Å². The predicted molar refractivity (Wildman–Crippen MR) is 82.3 cm³/mol. The summed E-state index contributed by atoms with van der Waals surface area (Å²) in [7, 11) is 0. The second-order valence-electron chi connectivity index (χ2n) is 4.65. The number of nitrogens with one attached hydrogen (secondary N) is 2. The van der Waals surface area contributed by atoms with E-state index in [2.05, 4.69) is 10.3 Å². The van der Waals surface area contributed by atoms with Crippen LogP contribution >= 0.6 is 11.3 Å². The number of carbonyl (C=O) groups excluding carboxylic acids is 1. The van der Waals surface area contributed by atoms with Gasteiger partial charge in [-0.2, -0.15) is 0 Å². The minimum atomic E-state index is -0.983. The van der Waals surface area contributed by atoms with Crippen molar-refractivity contribution in [2.24, 2.45) is 0 Å². The predicted octanol–water partition coefficient (Wildman–Crippen LogP) is 3.49. The van der Waals surface area contributed by atoms with Gasteiger partial charge in [-0.25, -0.2) is 4.79 Å². The Morgan fingerprint density at radius 3 is 2.67 bits per heavy atom. The van der Waals surface area contributed by atoms with Crippen molar-refractivity contribution < 1.29 is 14.7 Å². The quantitative estimate of drug-likeness (QED) is 0.692. The Morgan fingerprint density at radius 1 is 1.24 bits per heavy atom. The van der Waals surface area contributed by atoms with Crippen LogP contribution in [0.25, 0.3) is 10.9 Å². The van der Waals surface area contributed by atoms with Gasteiger partial charge in [0.25, 0.3) is 5.91 Å². The van der Waals surface area contributed by atoms with Crippen LogP contribution in [-0.4, -0.2) is 22.0 Å². The number of amides is 1. The van der Waals surface area contributed by atoms with Gasteiger partial charge < -0.3 is 15.4 Å². The molecular weight excluding hydrogens is 288 g/mol. The molecule has 0 aliphatic heterocycles. The normalized spacial score (nSPS) is 10.7. The molecule has 0 aliphatic rings. The molecule has 0 spiro atoms. The lowest BCUT2D eigenvalue weighted by molar-refractivity contribution is 0.0701. The van der Waals surface area contributed by atoms with E-state index in [0.29, 0.717) is 16.3 Å². The lowest BCUT2D eigenvalue weighted by Gasteiger charge is -1.99. The third-order valence-electron chi connectivity index (χ3n) is 3.12. The van der Waals surface area contributed by atoms with Crippen LogP contribution in [0.15, 0.2) is 36.4 Å². The molecule has 0 saturated heterocycles. The molecule has 2 heterocycles. The van der Waals surface area contributed by atoms with Crippen LogP contribution in [0.2, 0.25) is 0 Å². The maximum atomic E-state index is 12.2. The molecule has 1 amide bonds. The summed E-state index contributed by atoms with van der Waals surface area (Å²) in [4.78, 5) is 26.5. The second kappa shape index (κ2) is 5.06. The second-order valence-corrected chi connectivity index (χ2v) is 5.70. The fraction of sp³-hybridized carbons (Fsp3) is 0.0667. The van der Waals surface area contributed by atoms with Crippen molar-refractivity contribution in [1.82, 2.24) is 4.98 Å². The number of rotatable bonds is 3. The maximum Gasteiger partial charge on any atom is 0.346 e. The van der Waals surface area contributed by atoms with E-state index in [4.69, 9.17) is 5.11 Å². The van der Waals surface area contributed by atoms with Crippen LogP contribution in [0.4, 0.5) is 5.00 Å². The Morgan fingerprint density at radius 2 is 2.00 bits per heavy atom.